The number of hydrogen-bond acceptors (Lipinski definition) is 2. The first-order valence-electron chi connectivity index (χ1n) is 7.97. The van der Waals surface area contributed by atoms with Crippen LogP contribution in [0.25, 0.3) is 0 Å². The maximum absolute atomic E-state index is 13.0. The van der Waals surface area contributed by atoms with Crippen molar-refractivity contribution in [1.82, 2.24) is 4.90 Å². The van der Waals surface area contributed by atoms with Crippen molar-refractivity contribution in [3.8, 4) is 0 Å². The Morgan fingerprint density at radius 2 is 1.50 bits per heavy atom. The molecule has 1 saturated heterocycles. The van der Waals surface area contributed by atoms with Crippen LogP contribution in [0.4, 0.5) is 31.1 Å². The largest absolute Gasteiger partial charge is 0.444 e. The van der Waals surface area contributed by atoms with Gasteiger partial charge < -0.3 is 9.64 Å². The molecule has 1 aliphatic rings. The molecule has 26 heavy (non-hydrogen) atoms. The second-order valence-corrected chi connectivity index (χ2v) is 7.17. The molecule has 146 valence electrons. The van der Waals surface area contributed by atoms with Gasteiger partial charge in [0.05, 0.1) is 17.2 Å². The lowest BCUT2D eigenvalue weighted by Gasteiger charge is -2.29. The van der Waals surface area contributed by atoms with Crippen LogP contribution in [0.2, 0.25) is 0 Å². The van der Waals surface area contributed by atoms with Crippen LogP contribution in [-0.2, 0) is 17.1 Å². The molecule has 0 saturated carbocycles. The fourth-order valence-electron chi connectivity index (χ4n) is 2.82. The van der Waals surface area contributed by atoms with E-state index >= 15 is 0 Å². The zero-order valence-corrected chi connectivity index (χ0v) is 14.5. The first kappa shape index (κ1) is 20.4. The van der Waals surface area contributed by atoms with Gasteiger partial charge in [0, 0.05) is 6.54 Å². The van der Waals surface area contributed by atoms with Gasteiger partial charge in [0.2, 0.25) is 0 Å². The molecule has 0 radical (unpaired) electrons. The van der Waals surface area contributed by atoms with Gasteiger partial charge in [-0.3, -0.25) is 0 Å². The van der Waals surface area contributed by atoms with E-state index in [4.69, 9.17) is 4.74 Å². The van der Waals surface area contributed by atoms with Crippen molar-refractivity contribution in [2.75, 3.05) is 6.54 Å². The lowest BCUT2D eigenvalue weighted by molar-refractivity contribution is -0.143. The molecule has 0 aromatic heterocycles. The highest BCUT2D eigenvalue weighted by molar-refractivity contribution is 5.69. The van der Waals surface area contributed by atoms with Crippen LogP contribution in [0.3, 0.4) is 0 Å². The molecule has 0 unspecified atom stereocenters. The molecule has 1 heterocycles. The molecular weight excluding hydrogens is 364 g/mol. The molecule has 0 bridgehead atoms. The van der Waals surface area contributed by atoms with E-state index in [1.165, 1.54) is 4.90 Å². The summed E-state index contributed by atoms with van der Waals surface area (Å²) in [6, 6.07) is 0.523. The minimum Gasteiger partial charge on any atom is -0.444 e. The summed E-state index contributed by atoms with van der Waals surface area (Å²) < 4.78 is 83.4. The molecule has 1 fully saturated rings. The van der Waals surface area contributed by atoms with Crippen LogP contribution in [0.15, 0.2) is 18.2 Å². The Morgan fingerprint density at radius 1 is 1.00 bits per heavy atom. The average Bonchev–Trinajstić information content (AvgIpc) is 2.92. The van der Waals surface area contributed by atoms with Gasteiger partial charge in [-0.25, -0.2) is 4.79 Å². The number of carbonyl (C=O) groups excluding carboxylic acids is 1. The fraction of sp³-hybridized carbons (Fsp3) is 0.588. The van der Waals surface area contributed by atoms with E-state index in [-0.39, 0.29) is 24.6 Å². The van der Waals surface area contributed by atoms with Crippen molar-refractivity contribution < 1.29 is 35.9 Å². The summed E-state index contributed by atoms with van der Waals surface area (Å²) >= 11 is 0. The average molecular weight is 383 g/mol. The number of benzene rings is 1. The van der Waals surface area contributed by atoms with Gasteiger partial charge in [-0.1, -0.05) is 0 Å². The first-order valence-corrected chi connectivity index (χ1v) is 7.97. The zero-order valence-electron chi connectivity index (χ0n) is 14.5. The minimum atomic E-state index is -4.93. The molecule has 1 aliphatic heterocycles. The van der Waals surface area contributed by atoms with Crippen LogP contribution >= 0.6 is 0 Å². The monoisotopic (exact) mass is 383 g/mol. The SMILES string of the molecule is CC(C)(C)OC(=O)N1CCC[C@H]1c1cc(C(F)(F)F)cc(C(F)(F)F)c1. The normalized spacial score (nSPS) is 19.0. The van der Waals surface area contributed by atoms with E-state index in [1.54, 1.807) is 20.8 Å². The van der Waals surface area contributed by atoms with Crippen molar-refractivity contribution in [3.63, 3.8) is 0 Å². The molecule has 0 aliphatic carbocycles. The lowest BCUT2D eigenvalue weighted by Crippen LogP contribution is -2.36. The number of rotatable bonds is 1. The molecule has 3 nitrogen and oxygen atoms in total. The summed E-state index contributed by atoms with van der Waals surface area (Å²) in [5.41, 5.74) is -3.80. The second kappa shape index (κ2) is 6.66. The first-order chi connectivity index (χ1) is 11.7. The number of nitrogens with zero attached hydrogens (tertiary/aromatic N) is 1. The van der Waals surface area contributed by atoms with Crippen molar-refractivity contribution in [3.05, 3.63) is 34.9 Å². The number of halogens is 6. The topological polar surface area (TPSA) is 29.5 Å². The third kappa shape index (κ3) is 4.82. The van der Waals surface area contributed by atoms with Gasteiger partial charge in [-0.2, -0.15) is 26.3 Å². The van der Waals surface area contributed by atoms with Crippen molar-refractivity contribution >= 4 is 6.09 Å². The highest BCUT2D eigenvalue weighted by Gasteiger charge is 2.40. The second-order valence-electron chi connectivity index (χ2n) is 7.17. The van der Waals surface area contributed by atoms with E-state index < -0.39 is 41.2 Å². The standard InChI is InChI=1S/C17H19F6NO2/c1-15(2,3)26-14(25)24-6-4-5-13(24)10-7-11(16(18,19)20)9-12(8-10)17(21,22)23/h7-9,13H,4-6H2,1-3H3/t13-/m0/s1. The molecule has 0 N–H and O–H groups in total. The number of amides is 1. The third-order valence-electron chi connectivity index (χ3n) is 3.88. The van der Waals surface area contributed by atoms with Gasteiger partial charge >= 0.3 is 18.4 Å². The van der Waals surface area contributed by atoms with Crippen LogP contribution in [-0.4, -0.2) is 23.1 Å². The Morgan fingerprint density at radius 3 is 1.92 bits per heavy atom. The molecule has 1 aromatic carbocycles. The van der Waals surface area contributed by atoms with Crippen molar-refractivity contribution in [1.29, 1.82) is 0 Å². The Balaban J connectivity index is 2.44. The molecular formula is C17H19F6NO2. The van der Waals surface area contributed by atoms with Gasteiger partial charge in [0.1, 0.15) is 5.60 Å². The van der Waals surface area contributed by atoms with E-state index in [0.717, 1.165) is 0 Å². The smallest absolute Gasteiger partial charge is 0.416 e. The van der Waals surface area contributed by atoms with Crippen LogP contribution in [0.1, 0.15) is 56.3 Å². The Hall–Kier alpha value is -1.93. The van der Waals surface area contributed by atoms with E-state index in [2.05, 4.69) is 0 Å². The van der Waals surface area contributed by atoms with Gasteiger partial charge in [0.25, 0.3) is 0 Å². The summed E-state index contributed by atoms with van der Waals surface area (Å²) in [6.07, 6.45) is -9.89. The molecule has 0 spiro atoms. The third-order valence-corrected chi connectivity index (χ3v) is 3.88. The van der Waals surface area contributed by atoms with Gasteiger partial charge in [0.15, 0.2) is 0 Å². The quantitative estimate of drug-likeness (QED) is 0.574. The number of carbonyl (C=O) groups is 1. The summed E-state index contributed by atoms with van der Waals surface area (Å²) in [4.78, 5) is 13.4. The summed E-state index contributed by atoms with van der Waals surface area (Å²) in [6.45, 7) is 5.09. The predicted molar refractivity (Wildman–Crippen MR) is 81.4 cm³/mol. The van der Waals surface area contributed by atoms with E-state index in [1.807, 2.05) is 0 Å². The molecule has 1 amide bonds. The van der Waals surface area contributed by atoms with Crippen LogP contribution in [0.5, 0.6) is 0 Å². The van der Waals surface area contributed by atoms with E-state index in [9.17, 15) is 31.1 Å². The molecule has 1 aromatic rings. The highest BCUT2D eigenvalue weighted by Crippen LogP contribution is 2.40. The Kier molecular flexibility index (Phi) is 5.22. The highest BCUT2D eigenvalue weighted by atomic mass is 19.4. The summed E-state index contributed by atoms with van der Waals surface area (Å²) in [7, 11) is 0. The Bertz CT molecular complexity index is 643. The summed E-state index contributed by atoms with van der Waals surface area (Å²) in [5, 5.41) is 0. The van der Waals surface area contributed by atoms with Crippen LogP contribution < -0.4 is 0 Å². The maximum atomic E-state index is 13.0. The number of hydrogen-bond donors (Lipinski definition) is 0. The lowest BCUT2D eigenvalue weighted by atomic mass is 9.98. The summed E-state index contributed by atoms with van der Waals surface area (Å²) in [5.74, 6) is 0. The number of alkyl halides is 6. The van der Waals surface area contributed by atoms with E-state index in [0.29, 0.717) is 18.6 Å². The van der Waals surface area contributed by atoms with Gasteiger partial charge in [-0.05, 0) is 57.4 Å². The molecule has 2 rings (SSSR count). The zero-order chi connectivity index (χ0) is 19.9. The van der Waals surface area contributed by atoms with Crippen molar-refractivity contribution in [2.45, 2.75) is 57.6 Å². The Labute approximate surface area is 146 Å². The fourth-order valence-corrected chi connectivity index (χ4v) is 2.82. The molecule has 9 heteroatoms. The minimum absolute atomic E-state index is 0.0796. The van der Waals surface area contributed by atoms with Crippen LogP contribution in [0, 0.1) is 0 Å². The number of likely N-dealkylation sites (tertiary alicyclic amines) is 1. The van der Waals surface area contributed by atoms with Gasteiger partial charge in [-0.15, -0.1) is 0 Å². The maximum Gasteiger partial charge on any atom is 0.416 e. The molecule has 1 atom stereocenters. The predicted octanol–water partition coefficient (Wildman–Crippen LogP) is 5.80. The van der Waals surface area contributed by atoms with Crippen molar-refractivity contribution in [2.24, 2.45) is 0 Å². The number of ether oxygens (including phenoxy) is 1.